The molecule has 0 amide bonds. The van der Waals surface area contributed by atoms with Crippen molar-refractivity contribution in [3.8, 4) is 0 Å². The molecule has 2 aliphatic carbocycles. The van der Waals surface area contributed by atoms with Crippen molar-refractivity contribution in [1.29, 1.82) is 0 Å². The van der Waals surface area contributed by atoms with Gasteiger partial charge in [-0.1, -0.05) is 115 Å². The zero-order valence-electron chi connectivity index (χ0n) is 25.4. The molecule has 9 rings (SSSR count). The summed E-state index contributed by atoms with van der Waals surface area (Å²) >= 11 is 0. The molecular weight excluding hydrogens is 564 g/mol. The third-order valence-corrected chi connectivity index (χ3v) is 9.55. The first-order valence-electron chi connectivity index (χ1n) is 16.2. The van der Waals surface area contributed by atoms with Crippen molar-refractivity contribution in [3.05, 3.63) is 185 Å². The van der Waals surface area contributed by atoms with Crippen LogP contribution in [0.5, 0.6) is 0 Å². The molecule has 0 fully saturated rings. The third kappa shape index (κ3) is 4.59. The number of para-hydroxylation sites is 1. The van der Waals surface area contributed by atoms with E-state index in [0.29, 0.717) is 0 Å². The number of nitrogens with one attached hydrogen (secondary N) is 2. The van der Waals surface area contributed by atoms with Crippen LogP contribution in [0.3, 0.4) is 0 Å². The molecule has 0 saturated carbocycles. The maximum atomic E-state index is 6.70. The molecule has 3 aliphatic heterocycles. The van der Waals surface area contributed by atoms with Gasteiger partial charge in [0, 0.05) is 22.6 Å². The molecule has 0 radical (unpaired) electrons. The second-order valence-corrected chi connectivity index (χ2v) is 12.3. The van der Waals surface area contributed by atoms with Gasteiger partial charge in [-0.15, -0.1) is 0 Å². The van der Waals surface area contributed by atoms with Crippen LogP contribution in [0.1, 0.15) is 53.4 Å². The highest BCUT2D eigenvalue weighted by molar-refractivity contribution is 6.13. The summed E-state index contributed by atoms with van der Waals surface area (Å²) in [4.78, 5) is 7.65. The molecule has 5 nitrogen and oxygen atoms in total. The lowest BCUT2D eigenvalue weighted by molar-refractivity contribution is 0.116. The van der Waals surface area contributed by atoms with Crippen LogP contribution in [-0.2, 0) is 4.74 Å². The third-order valence-electron chi connectivity index (χ3n) is 9.55. The normalized spacial score (nSPS) is 24.1. The van der Waals surface area contributed by atoms with E-state index in [4.69, 9.17) is 9.73 Å². The Bertz CT molecular complexity index is 2000. The number of hydrogen-bond donors (Lipinski definition) is 2. The lowest BCUT2D eigenvalue weighted by Crippen LogP contribution is -2.31. The maximum absolute atomic E-state index is 6.70. The van der Waals surface area contributed by atoms with Crippen LogP contribution >= 0.6 is 0 Å². The van der Waals surface area contributed by atoms with Crippen LogP contribution in [0.25, 0.3) is 5.70 Å². The molecule has 4 aromatic carbocycles. The number of benzene rings is 4. The molecular formula is C41H34N4O. The molecule has 4 aromatic rings. The molecule has 3 heterocycles. The van der Waals surface area contributed by atoms with E-state index < -0.39 is 0 Å². The Labute approximate surface area is 269 Å². The number of hydrogen-bond acceptors (Lipinski definition) is 5. The molecule has 46 heavy (non-hydrogen) atoms. The summed E-state index contributed by atoms with van der Waals surface area (Å²) in [6.45, 7) is 0. The highest BCUT2D eigenvalue weighted by atomic mass is 16.5. The topological polar surface area (TPSA) is 48.9 Å². The van der Waals surface area contributed by atoms with Crippen molar-refractivity contribution in [2.75, 3.05) is 4.90 Å². The van der Waals surface area contributed by atoms with Gasteiger partial charge in [-0.25, -0.2) is 0 Å². The summed E-state index contributed by atoms with van der Waals surface area (Å²) in [7, 11) is 0. The molecule has 0 aromatic heterocycles. The van der Waals surface area contributed by atoms with Gasteiger partial charge in [0.2, 0.25) is 0 Å². The second kappa shape index (κ2) is 11.1. The van der Waals surface area contributed by atoms with Crippen LogP contribution < -0.4 is 15.5 Å². The highest BCUT2D eigenvalue weighted by Crippen LogP contribution is 2.53. The fraction of sp³-hybridized carbons (Fsp3) is 0.146. The zero-order chi connectivity index (χ0) is 30.5. The van der Waals surface area contributed by atoms with Crippen LogP contribution in [-0.4, -0.2) is 11.8 Å². The number of nitrogens with zero attached hydrogens (tertiary/aromatic N) is 2. The monoisotopic (exact) mass is 598 g/mol. The number of aliphatic imine (C=N–C) groups is 1. The quantitative estimate of drug-likeness (QED) is 0.241. The minimum absolute atomic E-state index is 0.0978. The highest BCUT2D eigenvalue weighted by Gasteiger charge is 2.46. The van der Waals surface area contributed by atoms with E-state index in [2.05, 4.69) is 155 Å². The average Bonchev–Trinajstić information content (AvgIpc) is 3.72. The first kappa shape index (κ1) is 26.8. The number of fused-ring (bicyclic) bond motifs is 4. The summed E-state index contributed by atoms with van der Waals surface area (Å²) in [6, 6.07) is 38.7. The Morgan fingerprint density at radius 2 is 1.61 bits per heavy atom. The van der Waals surface area contributed by atoms with Gasteiger partial charge in [0.1, 0.15) is 11.9 Å². The summed E-state index contributed by atoms with van der Waals surface area (Å²) in [5.74, 6) is 1.12. The van der Waals surface area contributed by atoms with Crippen molar-refractivity contribution in [2.45, 2.75) is 37.2 Å². The van der Waals surface area contributed by atoms with E-state index >= 15 is 0 Å². The van der Waals surface area contributed by atoms with Crippen LogP contribution in [0.15, 0.2) is 168 Å². The fourth-order valence-corrected chi connectivity index (χ4v) is 7.35. The molecule has 224 valence electrons. The predicted molar refractivity (Wildman–Crippen MR) is 185 cm³/mol. The first-order chi connectivity index (χ1) is 22.8. The summed E-state index contributed by atoms with van der Waals surface area (Å²) in [5, 5.41) is 7.38. The van der Waals surface area contributed by atoms with Crippen molar-refractivity contribution in [1.82, 2.24) is 10.6 Å². The number of allylic oxidation sites excluding steroid dienone is 6. The van der Waals surface area contributed by atoms with Crippen molar-refractivity contribution >= 4 is 22.8 Å². The number of rotatable bonds is 5. The Hall–Kier alpha value is -5.55. The minimum atomic E-state index is -0.188. The van der Waals surface area contributed by atoms with E-state index in [1.165, 1.54) is 16.8 Å². The summed E-state index contributed by atoms with van der Waals surface area (Å²) in [5.41, 5.74) is 11.6. The SMILES string of the molecule is C1=CCCC(C2=NC(c3ccccc3)NC(c3cccc(N4c5ccccc5C5C6=C(C=CC54)NC(c4ccccc4)O6)c3)=C2)=C1. The maximum Gasteiger partial charge on any atom is 0.196 e. The van der Waals surface area contributed by atoms with Gasteiger partial charge in [-0.05, 0) is 65.5 Å². The van der Waals surface area contributed by atoms with Crippen LogP contribution in [0.4, 0.5) is 11.4 Å². The van der Waals surface area contributed by atoms with Crippen LogP contribution in [0, 0.1) is 0 Å². The number of anilines is 2. The lowest BCUT2D eigenvalue weighted by Gasteiger charge is -2.31. The number of ether oxygens (including phenoxy) is 1. The second-order valence-electron chi connectivity index (χ2n) is 12.3. The average molecular weight is 599 g/mol. The van der Waals surface area contributed by atoms with Gasteiger partial charge in [0.05, 0.1) is 23.4 Å². The Morgan fingerprint density at radius 1 is 0.804 bits per heavy atom. The Balaban J connectivity index is 1.07. The smallest absolute Gasteiger partial charge is 0.196 e. The van der Waals surface area contributed by atoms with Crippen molar-refractivity contribution in [2.24, 2.45) is 4.99 Å². The fourth-order valence-electron chi connectivity index (χ4n) is 7.35. The Kier molecular flexibility index (Phi) is 6.48. The van der Waals surface area contributed by atoms with Gasteiger partial charge in [-0.2, -0.15) is 0 Å². The van der Waals surface area contributed by atoms with E-state index in [0.717, 1.165) is 58.1 Å². The van der Waals surface area contributed by atoms with E-state index in [-0.39, 0.29) is 24.4 Å². The van der Waals surface area contributed by atoms with Gasteiger partial charge >= 0.3 is 0 Å². The zero-order valence-corrected chi connectivity index (χ0v) is 25.4. The lowest BCUT2D eigenvalue weighted by atomic mass is 9.88. The predicted octanol–water partition coefficient (Wildman–Crippen LogP) is 8.75. The largest absolute Gasteiger partial charge is 0.468 e. The molecule has 0 spiro atoms. The molecule has 5 heteroatoms. The first-order valence-corrected chi connectivity index (χ1v) is 16.2. The van der Waals surface area contributed by atoms with Gasteiger partial charge in [0.15, 0.2) is 6.23 Å². The summed E-state index contributed by atoms with van der Waals surface area (Å²) < 4.78 is 6.70. The molecule has 5 aliphatic rings. The van der Waals surface area contributed by atoms with Gasteiger partial charge < -0.3 is 20.3 Å². The minimum Gasteiger partial charge on any atom is -0.468 e. The van der Waals surface area contributed by atoms with Gasteiger partial charge in [-0.3, -0.25) is 4.99 Å². The van der Waals surface area contributed by atoms with E-state index in [9.17, 15) is 0 Å². The Morgan fingerprint density at radius 3 is 2.43 bits per heavy atom. The van der Waals surface area contributed by atoms with Crippen molar-refractivity contribution in [3.63, 3.8) is 0 Å². The molecule has 4 atom stereocenters. The van der Waals surface area contributed by atoms with E-state index in [1.54, 1.807) is 0 Å². The standard InChI is InChI=1S/C41H34N4O/c1-4-13-27(14-5-1)34-26-35(43-40(42-34)28-15-6-2-7-16-28)30-19-12-20-31(25-30)45-36-22-11-10-21-32(36)38-37(45)24-23-33-39(38)46-41(44-33)29-17-8-3-9-18-29/h1-4,6-13,15-26,37-38,40-41,43-44H,5,14H2. The molecule has 2 N–H and O–H groups in total. The molecule has 4 unspecified atom stereocenters. The van der Waals surface area contributed by atoms with E-state index in [1.807, 2.05) is 6.07 Å². The molecule has 0 saturated heterocycles. The van der Waals surface area contributed by atoms with Crippen LogP contribution in [0.2, 0.25) is 0 Å². The summed E-state index contributed by atoms with van der Waals surface area (Å²) in [6.07, 6.45) is 15.0. The molecule has 0 bridgehead atoms. The van der Waals surface area contributed by atoms with Crippen molar-refractivity contribution < 1.29 is 4.74 Å². The van der Waals surface area contributed by atoms with Gasteiger partial charge in [0.25, 0.3) is 0 Å².